The molecule has 0 fully saturated rings. The van der Waals surface area contributed by atoms with Crippen molar-refractivity contribution in [3.63, 3.8) is 0 Å². The second-order valence-corrected chi connectivity index (χ2v) is 5.32. The average Bonchev–Trinajstić information content (AvgIpc) is 2.70. The second-order valence-electron chi connectivity index (χ2n) is 5.32. The van der Waals surface area contributed by atoms with Crippen LogP contribution in [0.1, 0.15) is 31.1 Å². The highest BCUT2D eigenvalue weighted by Gasteiger charge is 2.12. The Hall–Kier alpha value is -3.43. The lowest BCUT2D eigenvalue weighted by Crippen LogP contribution is -2.18. The number of carbonyl (C=O) groups excluding carboxylic acids is 1. The van der Waals surface area contributed by atoms with Crippen LogP contribution < -0.4 is 5.32 Å². The largest absolute Gasteiger partial charge is 0.399 e. The summed E-state index contributed by atoms with van der Waals surface area (Å²) in [4.78, 5) is 31.2. The van der Waals surface area contributed by atoms with Gasteiger partial charge in [-0.15, -0.1) is 0 Å². The topological polar surface area (TPSA) is 115 Å². The highest BCUT2D eigenvalue weighted by atomic mass is 16.6. The van der Waals surface area contributed by atoms with Crippen molar-refractivity contribution in [3.8, 4) is 0 Å². The van der Waals surface area contributed by atoms with E-state index in [9.17, 15) is 4.79 Å². The Morgan fingerprint density at radius 2 is 1.86 bits per heavy atom. The van der Waals surface area contributed by atoms with E-state index in [1.54, 1.807) is 6.92 Å². The van der Waals surface area contributed by atoms with E-state index in [1.165, 1.54) is 27.5 Å². The Bertz CT molecular complexity index is 746. The fraction of sp³-hybridized carbons (Fsp3) is 0.389. The van der Waals surface area contributed by atoms with Crippen molar-refractivity contribution in [3.05, 3.63) is 35.4 Å². The number of rotatable bonds is 11. The van der Waals surface area contributed by atoms with Crippen molar-refractivity contribution in [1.82, 2.24) is 5.32 Å². The lowest BCUT2D eigenvalue weighted by atomic mass is 10.0. The zero-order valence-electron chi connectivity index (χ0n) is 16.6. The van der Waals surface area contributed by atoms with Crippen LogP contribution in [0.3, 0.4) is 0 Å². The van der Waals surface area contributed by atoms with Crippen molar-refractivity contribution in [1.29, 1.82) is 0 Å². The molecular weight excluding hydrogens is 366 g/mol. The van der Waals surface area contributed by atoms with Crippen LogP contribution in [0.15, 0.2) is 44.9 Å². The minimum atomic E-state index is -0.373. The van der Waals surface area contributed by atoms with Crippen LogP contribution in [0.25, 0.3) is 0 Å². The molecule has 10 heteroatoms. The van der Waals surface area contributed by atoms with Gasteiger partial charge in [0.15, 0.2) is 0 Å². The summed E-state index contributed by atoms with van der Waals surface area (Å²) in [6, 6.07) is 7.52. The molecular formula is C18H25N5O5. The zero-order chi connectivity index (χ0) is 20.8. The number of amides is 1. The monoisotopic (exact) mass is 391 g/mol. The van der Waals surface area contributed by atoms with Gasteiger partial charge in [-0.2, -0.15) is 0 Å². The molecule has 1 rings (SSSR count). The van der Waals surface area contributed by atoms with Gasteiger partial charge in [-0.25, -0.2) is 0 Å². The summed E-state index contributed by atoms with van der Waals surface area (Å²) in [5.74, 6) is -0.347. The smallest absolute Gasteiger partial charge is 0.265 e. The molecule has 0 spiro atoms. The lowest BCUT2D eigenvalue weighted by molar-refractivity contribution is -0.114. The summed E-state index contributed by atoms with van der Waals surface area (Å²) in [7, 11) is 4.36. The Kier molecular flexibility index (Phi) is 10.4. The van der Waals surface area contributed by atoms with Gasteiger partial charge in [-0.05, 0) is 19.4 Å². The van der Waals surface area contributed by atoms with E-state index >= 15 is 0 Å². The first-order valence-corrected chi connectivity index (χ1v) is 8.36. The fourth-order valence-electron chi connectivity index (χ4n) is 2.01. The van der Waals surface area contributed by atoms with E-state index in [2.05, 4.69) is 25.9 Å². The zero-order valence-corrected chi connectivity index (χ0v) is 16.6. The van der Waals surface area contributed by atoms with Crippen LogP contribution >= 0.6 is 0 Å². The fourth-order valence-corrected chi connectivity index (χ4v) is 2.01. The van der Waals surface area contributed by atoms with Crippen molar-refractivity contribution < 1.29 is 24.1 Å². The van der Waals surface area contributed by atoms with E-state index < -0.39 is 0 Å². The third-order valence-electron chi connectivity index (χ3n) is 3.39. The molecule has 1 amide bonds. The van der Waals surface area contributed by atoms with Crippen molar-refractivity contribution >= 4 is 29.8 Å². The molecule has 28 heavy (non-hydrogen) atoms. The van der Waals surface area contributed by atoms with E-state index in [4.69, 9.17) is 19.4 Å². The number of oxime groups is 4. The van der Waals surface area contributed by atoms with Crippen molar-refractivity contribution in [2.75, 3.05) is 21.3 Å². The molecule has 1 aromatic carbocycles. The highest BCUT2D eigenvalue weighted by molar-refractivity contribution is 6.62. The van der Waals surface area contributed by atoms with Gasteiger partial charge in [0, 0.05) is 12.6 Å². The molecule has 0 bridgehead atoms. The highest BCUT2D eigenvalue weighted by Crippen LogP contribution is 2.22. The predicted octanol–water partition coefficient (Wildman–Crippen LogP) is 2.02. The molecule has 0 aliphatic rings. The SMILES string of the molecule is CNC(=O)C=NOCc1ccccc1C(C)ON=CC(=NOC)C(C)=NOC. The number of nitrogens with one attached hydrogen (secondary N) is 1. The van der Waals surface area contributed by atoms with E-state index in [0.29, 0.717) is 11.4 Å². The molecule has 0 saturated heterocycles. The van der Waals surface area contributed by atoms with Gasteiger partial charge < -0.3 is 24.7 Å². The lowest BCUT2D eigenvalue weighted by Gasteiger charge is -2.14. The summed E-state index contributed by atoms with van der Waals surface area (Å²) >= 11 is 0. The summed E-state index contributed by atoms with van der Waals surface area (Å²) in [6.45, 7) is 3.72. The second kappa shape index (κ2) is 12.8. The van der Waals surface area contributed by atoms with Crippen LogP contribution in [-0.2, 0) is 30.8 Å². The van der Waals surface area contributed by atoms with Gasteiger partial charge in [0.05, 0.1) is 6.21 Å². The number of hydrogen-bond donors (Lipinski definition) is 1. The Morgan fingerprint density at radius 1 is 1.14 bits per heavy atom. The number of carbonyl (C=O) groups is 1. The van der Waals surface area contributed by atoms with Gasteiger partial charge in [-0.3, -0.25) is 4.79 Å². The third kappa shape index (κ3) is 7.85. The molecule has 0 radical (unpaired) electrons. The van der Waals surface area contributed by atoms with Gasteiger partial charge in [-0.1, -0.05) is 44.9 Å². The first kappa shape index (κ1) is 22.6. The maximum Gasteiger partial charge on any atom is 0.265 e. The van der Waals surface area contributed by atoms with Crippen LogP contribution in [-0.4, -0.2) is 51.0 Å². The van der Waals surface area contributed by atoms with Crippen LogP contribution in [0.2, 0.25) is 0 Å². The van der Waals surface area contributed by atoms with E-state index in [1.807, 2.05) is 31.2 Å². The minimum Gasteiger partial charge on any atom is -0.399 e. The van der Waals surface area contributed by atoms with Gasteiger partial charge in [0.2, 0.25) is 0 Å². The molecule has 1 N–H and O–H groups in total. The molecule has 0 aliphatic heterocycles. The van der Waals surface area contributed by atoms with Crippen molar-refractivity contribution in [2.24, 2.45) is 20.6 Å². The summed E-state index contributed by atoms with van der Waals surface area (Å²) in [6.07, 6.45) is 2.07. The van der Waals surface area contributed by atoms with Crippen LogP contribution in [0.5, 0.6) is 0 Å². The molecule has 152 valence electrons. The maximum atomic E-state index is 11.1. The molecule has 1 atom stereocenters. The van der Waals surface area contributed by atoms with Crippen LogP contribution in [0.4, 0.5) is 0 Å². The van der Waals surface area contributed by atoms with Crippen LogP contribution in [0, 0.1) is 0 Å². The number of benzene rings is 1. The minimum absolute atomic E-state index is 0.178. The molecule has 0 aliphatic carbocycles. The standard InChI is InChI=1S/C18H25N5O5/c1-13(22-25-4)17(23-26-5)10-21-28-14(2)16-9-7-6-8-15(16)12-27-20-11-18(24)19-3/h6-11,14H,12H2,1-5H3,(H,19,24). The number of hydrogen-bond acceptors (Lipinski definition) is 9. The van der Waals surface area contributed by atoms with Gasteiger partial charge >= 0.3 is 0 Å². The van der Waals surface area contributed by atoms with Gasteiger partial charge in [0.25, 0.3) is 5.91 Å². The average molecular weight is 391 g/mol. The predicted molar refractivity (Wildman–Crippen MR) is 106 cm³/mol. The quantitative estimate of drug-likeness (QED) is 0.458. The summed E-state index contributed by atoms with van der Waals surface area (Å²) in [5.41, 5.74) is 2.55. The Morgan fingerprint density at radius 3 is 2.54 bits per heavy atom. The molecule has 10 nitrogen and oxygen atoms in total. The molecule has 0 heterocycles. The Labute approximate surface area is 163 Å². The Balaban J connectivity index is 2.77. The summed E-state index contributed by atoms with van der Waals surface area (Å²) in [5, 5.41) is 17.6. The van der Waals surface area contributed by atoms with Crippen molar-refractivity contribution in [2.45, 2.75) is 26.6 Å². The summed E-state index contributed by atoms with van der Waals surface area (Å²) < 4.78 is 0. The maximum absolute atomic E-state index is 11.1. The van der Waals surface area contributed by atoms with Gasteiger partial charge in [0.1, 0.15) is 44.6 Å². The molecule has 0 aromatic heterocycles. The molecule has 1 aromatic rings. The third-order valence-corrected chi connectivity index (χ3v) is 3.39. The normalized spacial score (nSPS) is 13.5. The van der Waals surface area contributed by atoms with E-state index in [0.717, 1.165) is 17.3 Å². The molecule has 1 unspecified atom stereocenters. The molecule has 0 saturated carbocycles. The van der Waals surface area contributed by atoms with E-state index in [-0.39, 0.29) is 18.6 Å². The first-order chi connectivity index (χ1) is 13.5. The number of nitrogens with zero attached hydrogens (tertiary/aromatic N) is 4. The first-order valence-electron chi connectivity index (χ1n) is 8.36.